The van der Waals surface area contributed by atoms with Crippen LogP contribution in [-0.4, -0.2) is 5.75 Å². The molecule has 0 amide bonds. The van der Waals surface area contributed by atoms with E-state index in [9.17, 15) is 0 Å². The molecule has 0 aromatic heterocycles. The number of benzene rings is 1. The molecule has 0 heterocycles. The Kier molecular flexibility index (Phi) is 12.4. The predicted octanol–water partition coefficient (Wildman–Crippen LogP) is 9.83. The molecule has 1 rings (SSSR count). The van der Waals surface area contributed by atoms with Crippen LogP contribution in [0.4, 0.5) is 0 Å². The Bertz CT molecular complexity index is 465. The molecule has 1 aromatic rings. The van der Waals surface area contributed by atoms with Crippen LogP contribution in [-0.2, 0) is 0 Å². The van der Waals surface area contributed by atoms with Gasteiger partial charge in [-0.3, -0.25) is 0 Å². The van der Waals surface area contributed by atoms with Gasteiger partial charge in [-0.15, -0.1) is 0 Å². The van der Waals surface area contributed by atoms with Crippen LogP contribution in [0.5, 0.6) is 0 Å². The van der Waals surface area contributed by atoms with Crippen LogP contribution in [0.3, 0.4) is 0 Å². The van der Waals surface area contributed by atoms with Crippen LogP contribution in [0, 0.1) is 0 Å². The van der Waals surface area contributed by atoms with Gasteiger partial charge in [0.25, 0.3) is 0 Å². The number of halogens is 5. The van der Waals surface area contributed by atoms with Crippen LogP contribution in [0.25, 0.3) is 0 Å². The molecule has 0 aliphatic carbocycles. The molecule has 0 N–H and O–H groups in total. The molecule has 0 aliphatic heterocycles. The lowest BCUT2D eigenvalue weighted by molar-refractivity contribution is 0.586. The van der Waals surface area contributed by atoms with E-state index in [0.29, 0.717) is 14.9 Å². The fourth-order valence-electron chi connectivity index (χ4n) is 2.05. The van der Waals surface area contributed by atoms with Crippen molar-refractivity contribution in [2.75, 3.05) is 5.75 Å². The highest BCUT2D eigenvalue weighted by Crippen LogP contribution is 2.50. The molecule has 0 saturated carbocycles. The van der Waals surface area contributed by atoms with Crippen LogP contribution < -0.4 is 0 Å². The lowest BCUT2D eigenvalue weighted by Crippen LogP contribution is -1.84. The van der Waals surface area contributed by atoms with Gasteiger partial charge in [0.2, 0.25) is 0 Å². The lowest BCUT2D eigenvalue weighted by Gasteiger charge is -2.11. The van der Waals surface area contributed by atoms with E-state index in [1.807, 2.05) is 0 Å². The number of hydrogen-bond donors (Lipinski definition) is 0. The van der Waals surface area contributed by atoms with Gasteiger partial charge in [0, 0.05) is 5.75 Å². The molecule has 0 spiro atoms. The van der Waals surface area contributed by atoms with Gasteiger partial charge in [-0.25, -0.2) is 0 Å². The first-order chi connectivity index (χ1) is 11.0. The smallest absolute Gasteiger partial charge is 0.0809 e. The minimum atomic E-state index is 0.209. The molecule has 132 valence electrons. The van der Waals surface area contributed by atoms with Gasteiger partial charge in [-0.1, -0.05) is 131 Å². The van der Waals surface area contributed by atoms with Gasteiger partial charge < -0.3 is 0 Å². The molecule has 0 fully saturated rings. The summed E-state index contributed by atoms with van der Waals surface area (Å²) in [7, 11) is 3.23. The van der Waals surface area contributed by atoms with E-state index in [1.165, 1.54) is 62.2 Å². The van der Waals surface area contributed by atoms with Crippen molar-refractivity contribution in [1.29, 1.82) is 0 Å². The Morgan fingerprint density at radius 2 is 1.04 bits per heavy atom. The third-order valence-corrected chi connectivity index (χ3v) is 8.40. The molecule has 0 bridgehead atoms. The van der Waals surface area contributed by atoms with E-state index in [0.717, 1.165) is 5.75 Å². The summed E-state index contributed by atoms with van der Waals surface area (Å²) in [6.45, 7) is 2.24. The van der Waals surface area contributed by atoms with Crippen LogP contribution >= 0.6 is 79.6 Å². The van der Waals surface area contributed by atoms with Crippen molar-refractivity contribution in [3.05, 3.63) is 25.1 Å². The van der Waals surface area contributed by atoms with Crippen molar-refractivity contribution < 1.29 is 0 Å². The second kappa shape index (κ2) is 12.7. The topological polar surface area (TPSA) is 0 Å². The maximum absolute atomic E-state index is 6.21. The summed E-state index contributed by atoms with van der Waals surface area (Å²) in [5.41, 5.74) is 0. The molecule has 0 saturated heterocycles. The zero-order chi connectivity index (χ0) is 17.2. The molecular weight excluding hydrogens is 434 g/mol. The molecule has 0 atom stereocenters. The minimum absolute atomic E-state index is 0.209. The number of rotatable bonds is 11. The van der Waals surface area contributed by atoms with E-state index in [1.54, 1.807) is 10.8 Å². The van der Waals surface area contributed by atoms with Crippen LogP contribution in [0.15, 0.2) is 4.90 Å². The van der Waals surface area contributed by atoms with Crippen molar-refractivity contribution in [1.82, 2.24) is 0 Å². The normalized spacial score (nSPS) is 11.2. The van der Waals surface area contributed by atoms with Gasteiger partial charge >= 0.3 is 0 Å². The van der Waals surface area contributed by atoms with E-state index in [2.05, 4.69) is 6.92 Å². The third-order valence-electron chi connectivity index (χ3n) is 3.39. The van der Waals surface area contributed by atoms with Crippen molar-refractivity contribution in [3.8, 4) is 0 Å². The Morgan fingerprint density at radius 3 is 1.57 bits per heavy atom. The molecule has 0 radical (unpaired) electrons. The maximum atomic E-state index is 6.21. The summed E-state index contributed by atoms with van der Waals surface area (Å²) >= 11 is 30.5. The quantitative estimate of drug-likeness (QED) is 0.141. The molecule has 0 unspecified atom stereocenters. The van der Waals surface area contributed by atoms with Crippen molar-refractivity contribution in [2.24, 2.45) is 0 Å². The van der Waals surface area contributed by atoms with E-state index < -0.39 is 0 Å². The lowest BCUT2D eigenvalue weighted by atomic mass is 10.1. The number of unbranched alkanes of at least 4 members (excludes halogenated alkanes) is 7. The molecule has 0 aliphatic rings. The number of hydrogen-bond acceptors (Lipinski definition) is 2. The standard InChI is InChI=1S/C16H21Cl5S2/c1-2-3-4-5-6-7-8-9-10-22-23-16-14(20)12(18)11(17)13(19)15(16)21/h2-10H2,1H3. The summed E-state index contributed by atoms with van der Waals surface area (Å²) in [6.07, 6.45) is 10.5. The van der Waals surface area contributed by atoms with E-state index in [-0.39, 0.29) is 15.1 Å². The van der Waals surface area contributed by atoms with Gasteiger partial charge in [0.15, 0.2) is 0 Å². The first kappa shape index (κ1) is 22.4. The zero-order valence-electron chi connectivity index (χ0n) is 13.1. The minimum Gasteiger partial charge on any atom is -0.0888 e. The highest BCUT2D eigenvalue weighted by Gasteiger charge is 2.19. The highest BCUT2D eigenvalue weighted by molar-refractivity contribution is 8.76. The Hall–Kier alpha value is 1.37. The molecule has 1 aromatic carbocycles. The second-order valence-electron chi connectivity index (χ2n) is 5.28. The van der Waals surface area contributed by atoms with Gasteiger partial charge in [-0.05, 0) is 6.42 Å². The van der Waals surface area contributed by atoms with Gasteiger partial charge in [0.1, 0.15) is 0 Å². The van der Waals surface area contributed by atoms with Gasteiger partial charge in [0.05, 0.1) is 30.0 Å². The first-order valence-electron chi connectivity index (χ1n) is 7.81. The molecular formula is C16H21Cl5S2. The van der Waals surface area contributed by atoms with E-state index >= 15 is 0 Å². The molecule has 0 nitrogen and oxygen atoms in total. The second-order valence-corrected chi connectivity index (χ2v) is 9.60. The monoisotopic (exact) mass is 452 g/mol. The van der Waals surface area contributed by atoms with Gasteiger partial charge in [-0.2, -0.15) is 0 Å². The van der Waals surface area contributed by atoms with E-state index in [4.69, 9.17) is 58.0 Å². The van der Waals surface area contributed by atoms with Crippen molar-refractivity contribution >= 4 is 79.6 Å². The molecule has 23 heavy (non-hydrogen) atoms. The highest BCUT2D eigenvalue weighted by atomic mass is 35.5. The molecule has 7 heteroatoms. The maximum Gasteiger partial charge on any atom is 0.0809 e. The largest absolute Gasteiger partial charge is 0.0888 e. The Balaban J connectivity index is 2.27. The van der Waals surface area contributed by atoms with Crippen molar-refractivity contribution in [3.63, 3.8) is 0 Å². The SMILES string of the molecule is CCCCCCCCCCSSc1c(Cl)c(Cl)c(Cl)c(Cl)c1Cl. The first-order valence-corrected chi connectivity index (χ1v) is 12.0. The van der Waals surface area contributed by atoms with Crippen LogP contribution in [0.2, 0.25) is 25.1 Å². The summed E-state index contributed by atoms with van der Waals surface area (Å²) in [6, 6.07) is 0. The Labute approximate surface area is 172 Å². The predicted molar refractivity (Wildman–Crippen MR) is 112 cm³/mol. The third kappa shape index (κ3) is 7.64. The average molecular weight is 455 g/mol. The fraction of sp³-hybridized carbons (Fsp3) is 0.625. The van der Waals surface area contributed by atoms with Crippen molar-refractivity contribution in [2.45, 2.75) is 63.2 Å². The summed E-state index contributed by atoms with van der Waals surface area (Å²) in [4.78, 5) is 0.692. The summed E-state index contributed by atoms with van der Waals surface area (Å²) < 4.78 is 0. The summed E-state index contributed by atoms with van der Waals surface area (Å²) in [5, 5.41) is 1.48. The Morgan fingerprint density at radius 1 is 0.609 bits per heavy atom. The fourth-order valence-corrected chi connectivity index (χ4v) is 6.14. The average Bonchev–Trinajstić information content (AvgIpc) is 2.55. The summed E-state index contributed by atoms with van der Waals surface area (Å²) in [5.74, 6) is 1.05. The van der Waals surface area contributed by atoms with Crippen LogP contribution in [0.1, 0.15) is 58.3 Å². The zero-order valence-corrected chi connectivity index (χ0v) is 18.5.